The second-order valence-corrected chi connectivity index (χ2v) is 7.72. The molecular formula is C23H27NO5. The molecule has 0 spiro atoms. The second kappa shape index (κ2) is 9.09. The maximum Gasteiger partial charge on any atom is 0.407 e. The standard InChI is InChI=1S/C23H27NO5/c1-14(2)12-28-15(3)21(22(25)26)24-23(27)29-13-20-18-10-6-4-8-16(18)17-9-5-7-11-19(17)20/h4-11,14-15,20-21H,12-13H2,1-3H3,(H,24,27)(H,25,26)/t15-,21-/m0/s1. The third-order valence-corrected chi connectivity index (χ3v) is 5.04. The Bertz CT molecular complexity index is 834. The molecule has 0 saturated heterocycles. The number of rotatable bonds is 8. The predicted octanol–water partition coefficient (Wildman–Crippen LogP) is 4.04. The molecule has 1 amide bonds. The maximum atomic E-state index is 12.3. The van der Waals surface area contributed by atoms with Gasteiger partial charge in [0.05, 0.1) is 6.10 Å². The van der Waals surface area contributed by atoms with Crippen LogP contribution in [0.1, 0.15) is 37.8 Å². The average Bonchev–Trinajstić information content (AvgIpc) is 3.02. The van der Waals surface area contributed by atoms with Crippen molar-refractivity contribution < 1.29 is 24.2 Å². The highest BCUT2D eigenvalue weighted by atomic mass is 16.6. The molecule has 0 saturated carbocycles. The second-order valence-electron chi connectivity index (χ2n) is 7.72. The number of carboxylic acid groups (broad SMARTS) is 1. The fourth-order valence-electron chi connectivity index (χ4n) is 3.59. The summed E-state index contributed by atoms with van der Waals surface area (Å²) in [4.78, 5) is 23.9. The lowest BCUT2D eigenvalue weighted by molar-refractivity contribution is -0.143. The van der Waals surface area contributed by atoms with Crippen LogP contribution in [0.2, 0.25) is 0 Å². The van der Waals surface area contributed by atoms with E-state index in [4.69, 9.17) is 9.47 Å². The summed E-state index contributed by atoms with van der Waals surface area (Å²) in [7, 11) is 0. The van der Waals surface area contributed by atoms with Crippen molar-refractivity contribution in [3.63, 3.8) is 0 Å². The Hall–Kier alpha value is -2.86. The molecule has 0 aromatic heterocycles. The van der Waals surface area contributed by atoms with E-state index < -0.39 is 24.2 Å². The number of carbonyl (C=O) groups is 2. The molecule has 2 atom stereocenters. The summed E-state index contributed by atoms with van der Waals surface area (Å²) in [5.74, 6) is -0.970. The molecule has 0 aliphatic heterocycles. The number of carboxylic acids is 1. The number of amides is 1. The van der Waals surface area contributed by atoms with Crippen molar-refractivity contribution in [2.75, 3.05) is 13.2 Å². The number of nitrogens with one attached hydrogen (secondary N) is 1. The highest BCUT2D eigenvalue weighted by Crippen LogP contribution is 2.44. The summed E-state index contributed by atoms with van der Waals surface area (Å²) in [6.07, 6.45) is -1.44. The van der Waals surface area contributed by atoms with Gasteiger partial charge in [-0.05, 0) is 35.1 Å². The first-order valence-electron chi connectivity index (χ1n) is 9.84. The van der Waals surface area contributed by atoms with Gasteiger partial charge in [0.25, 0.3) is 0 Å². The number of hydrogen-bond donors (Lipinski definition) is 2. The van der Waals surface area contributed by atoms with Gasteiger partial charge in [0.15, 0.2) is 6.04 Å². The zero-order valence-electron chi connectivity index (χ0n) is 16.9. The van der Waals surface area contributed by atoms with Crippen molar-refractivity contribution in [3.8, 4) is 11.1 Å². The topological polar surface area (TPSA) is 84.9 Å². The molecule has 1 aliphatic carbocycles. The van der Waals surface area contributed by atoms with E-state index in [1.54, 1.807) is 6.92 Å². The minimum atomic E-state index is -1.18. The molecular weight excluding hydrogens is 370 g/mol. The van der Waals surface area contributed by atoms with Crippen LogP contribution < -0.4 is 5.32 Å². The van der Waals surface area contributed by atoms with Crippen molar-refractivity contribution >= 4 is 12.1 Å². The monoisotopic (exact) mass is 397 g/mol. The normalized spacial score (nSPS) is 14.8. The van der Waals surface area contributed by atoms with Gasteiger partial charge < -0.3 is 19.9 Å². The zero-order chi connectivity index (χ0) is 21.0. The van der Waals surface area contributed by atoms with Crippen LogP contribution in [-0.2, 0) is 14.3 Å². The molecule has 6 nitrogen and oxygen atoms in total. The zero-order valence-corrected chi connectivity index (χ0v) is 16.9. The predicted molar refractivity (Wildman–Crippen MR) is 110 cm³/mol. The Morgan fingerprint density at radius 1 is 1.00 bits per heavy atom. The van der Waals surface area contributed by atoms with Gasteiger partial charge in [0.1, 0.15) is 6.61 Å². The van der Waals surface area contributed by atoms with Crippen molar-refractivity contribution in [1.82, 2.24) is 5.32 Å². The lowest BCUT2D eigenvalue weighted by Crippen LogP contribution is -2.49. The van der Waals surface area contributed by atoms with Gasteiger partial charge >= 0.3 is 12.1 Å². The molecule has 0 fully saturated rings. The first kappa shape index (κ1) is 20.9. The van der Waals surface area contributed by atoms with E-state index in [0.717, 1.165) is 22.3 Å². The molecule has 0 unspecified atom stereocenters. The Balaban J connectivity index is 1.65. The average molecular weight is 397 g/mol. The van der Waals surface area contributed by atoms with Crippen LogP contribution in [0.15, 0.2) is 48.5 Å². The highest BCUT2D eigenvalue weighted by molar-refractivity contribution is 5.81. The molecule has 154 valence electrons. The number of aliphatic carboxylic acids is 1. The van der Waals surface area contributed by atoms with Gasteiger partial charge in [-0.25, -0.2) is 9.59 Å². The minimum absolute atomic E-state index is 0.0777. The van der Waals surface area contributed by atoms with Crippen LogP contribution in [0.25, 0.3) is 11.1 Å². The molecule has 2 aromatic rings. The summed E-state index contributed by atoms with van der Waals surface area (Å²) < 4.78 is 11.0. The van der Waals surface area contributed by atoms with Crippen LogP contribution in [0.5, 0.6) is 0 Å². The lowest BCUT2D eigenvalue weighted by atomic mass is 9.98. The van der Waals surface area contributed by atoms with Crippen molar-refractivity contribution in [2.45, 2.75) is 38.8 Å². The number of carbonyl (C=O) groups excluding carboxylic acids is 1. The Kier molecular flexibility index (Phi) is 6.54. The van der Waals surface area contributed by atoms with E-state index in [2.05, 4.69) is 17.4 Å². The van der Waals surface area contributed by atoms with Crippen LogP contribution >= 0.6 is 0 Å². The van der Waals surface area contributed by atoms with Crippen molar-refractivity contribution in [1.29, 1.82) is 0 Å². The summed E-state index contributed by atoms with van der Waals surface area (Å²) in [6.45, 7) is 6.12. The lowest BCUT2D eigenvalue weighted by Gasteiger charge is -2.23. The third-order valence-electron chi connectivity index (χ3n) is 5.04. The smallest absolute Gasteiger partial charge is 0.407 e. The fraction of sp³-hybridized carbons (Fsp3) is 0.391. The number of hydrogen-bond acceptors (Lipinski definition) is 4. The highest BCUT2D eigenvalue weighted by Gasteiger charge is 2.31. The number of fused-ring (bicyclic) bond motifs is 3. The molecule has 3 rings (SSSR count). The van der Waals surface area contributed by atoms with E-state index in [9.17, 15) is 14.7 Å². The van der Waals surface area contributed by atoms with Gasteiger partial charge in [-0.3, -0.25) is 0 Å². The molecule has 6 heteroatoms. The molecule has 0 bridgehead atoms. The van der Waals surface area contributed by atoms with Gasteiger partial charge in [-0.1, -0.05) is 62.4 Å². The van der Waals surface area contributed by atoms with E-state index in [-0.39, 0.29) is 18.4 Å². The molecule has 2 aromatic carbocycles. The molecule has 0 heterocycles. The van der Waals surface area contributed by atoms with Crippen molar-refractivity contribution in [3.05, 3.63) is 59.7 Å². The molecule has 1 aliphatic rings. The summed E-state index contributed by atoms with van der Waals surface area (Å²) in [6, 6.07) is 14.9. The SMILES string of the molecule is CC(C)CO[C@@H](C)[C@H](NC(=O)OCC1c2ccccc2-c2ccccc21)C(=O)O. The quantitative estimate of drug-likeness (QED) is 0.702. The van der Waals surface area contributed by atoms with Crippen LogP contribution in [-0.4, -0.2) is 42.5 Å². The number of alkyl carbamates (subject to hydrolysis) is 1. The van der Waals surface area contributed by atoms with E-state index in [1.807, 2.05) is 50.2 Å². The van der Waals surface area contributed by atoms with Gasteiger partial charge in [-0.15, -0.1) is 0 Å². The molecule has 29 heavy (non-hydrogen) atoms. The number of benzene rings is 2. The van der Waals surface area contributed by atoms with Crippen molar-refractivity contribution in [2.24, 2.45) is 5.92 Å². The minimum Gasteiger partial charge on any atom is -0.480 e. The molecule has 0 radical (unpaired) electrons. The van der Waals surface area contributed by atoms with E-state index in [1.165, 1.54) is 0 Å². The summed E-state index contributed by atoms with van der Waals surface area (Å²) in [5, 5.41) is 11.9. The van der Waals surface area contributed by atoms with E-state index >= 15 is 0 Å². The third kappa shape index (κ3) is 4.77. The Labute approximate surface area is 170 Å². The van der Waals surface area contributed by atoms with Crippen LogP contribution in [0, 0.1) is 5.92 Å². The Morgan fingerprint density at radius 3 is 2.07 bits per heavy atom. The summed E-state index contributed by atoms with van der Waals surface area (Å²) >= 11 is 0. The van der Waals surface area contributed by atoms with Gasteiger partial charge in [0, 0.05) is 12.5 Å². The number of ether oxygens (including phenoxy) is 2. The maximum absolute atomic E-state index is 12.3. The van der Waals surface area contributed by atoms with Gasteiger partial charge in [0.2, 0.25) is 0 Å². The fourth-order valence-corrected chi connectivity index (χ4v) is 3.59. The Morgan fingerprint density at radius 2 is 1.55 bits per heavy atom. The van der Waals surface area contributed by atoms with Crippen LogP contribution in [0.3, 0.4) is 0 Å². The largest absolute Gasteiger partial charge is 0.480 e. The molecule has 2 N–H and O–H groups in total. The first-order chi connectivity index (χ1) is 13.9. The van der Waals surface area contributed by atoms with E-state index in [0.29, 0.717) is 6.61 Å². The van der Waals surface area contributed by atoms with Gasteiger partial charge in [-0.2, -0.15) is 0 Å². The summed E-state index contributed by atoms with van der Waals surface area (Å²) in [5.41, 5.74) is 4.47. The van der Waals surface area contributed by atoms with Crippen LogP contribution in [0.4, 0.5) is 4.79 Å². The first-order valence-corrected chi connectivity index (χ1v) is 9.84.